The molecule has 1 fully saturated rings. The van der Waals surface area contributed by atoms with Crippen molar-refractivity contribution in [1.29, 1.82) is 0 Å². The number of nitrogens with zero attached hydrogens (tertiary/aromatic N) is 1. The van der Waals surface area contributed by atoms with Crippen molar-refractivity contribution < 1.29 is 24.3 Å². The van der Waals surface area contributed by atoms with Gasteiger partial charge in [0.1, 0.15) is 12.6 Å². The number of piperazine rings is 1. The molecule has 0 aliphatic carbocycles. The molecular formula is C13H21N3O5. The average molecular weight is 299 g/mol. The monoisotopic (exact) mass is 299 g/mol. The second-order valence-corrected chi connectivity index (χ2v) is 4.97. The fourth-order valence-electron chi connectivity index (χ4n) is 2.11. The third kappa shape index (κ3) is 5.80. The van der Waals surface area contributed by atoms with Crippen LogP contribution in [-0.2, 0) is 19.2 Å². The van der Waals surface area contributed by atoms with Gasteiger partial charge >= 0.3 is 5.97 Å². The second-order valence-electron chi connectivity index (χ2n) is 4.97. The minimum atomic E-state index is -1.12. The van der Waals surface area contributed by atoms with Gasteiger partial charge in [0.15, 0.2) is 0 Å². The van der Waals surface area contributed by atoms with Gasteiger partial charge in [-0.05, 0) is 12.8 Å². The SMILES string of the molecule is CC(=O)NCCCCCC(=O)N1CC(=O)NCC1C(=O)O. The maximum absolute atomic E-state index is 12.0. The highest BCUT2D eigenvalue weighted by molar-refractivity contribution is 5.91. The minimum absolute atomic E-state index is 0.0531. The van der Waals surface area contributed by atoms with Crippen LogP contribution in [0.5, 0.6) is 0 Å². The number of carboxylic acid groups (broad SMARTS) is 1. The highest BCUT2D eigenvalue weighted by Gasteiger charge is 2.34. The predicted molar refractivity (Wildman–Crippen MR) is 73.3 cm³/mol. The molecule has 8 heteroatoms. The van der Waals surface area contributed by atoms with E-state index in [1.165, 1.54) is 6.92 Å². The molecule has 3 amide bonds. The summed E-state index contributed by atoms with van der Waals surface area (Å²) in [7, 11) is 0. The third-order valence-corrected chi connectivity index (χ3v) is 3.23. The van der Waals surface area contributed by atoms with E-state index >= 15 is 0 Å². The molecule has 1 atom stereocenters. The first kappa shape index (κ1) is 16.9. The number of unbranched alkanes of at least 4 members (excludes halogenated alkanes) is 2. The summed E-state index contributed by atoms with van der Waals surface area (Å²) in [5.41, 5.74) is 0. The Hall–Kier alpha value is -2.12. The van der Waals surface area contributed by atoms with Crippen LogP contribution in [0.1, 0.15) is 32.6 Å². The third-order valence-electron chi connectivity index (χ3n) is 3.23. The van der Waals surface area contributed by atoms with Gasteiger partial charge in [-0.3, -0.25) is 14.4 Å². The van der Waals surface area contributed by atoms with E-state index in [-0.39, 0.29) is 37.2 Å². The van der Waals surface area contributed by atoms with E-state index in [1.54, 1.807) is 0 Å². The quantitative estimate of drug-likeness (QED) is 0.527. The first-order valence-electron chi connectivity index (χ1n) is 6.95. The Labute approximate surface area is 122 Å². The molecule has 0 saturated carbocycles. The summed E-state index contributed by atoms with van der Waals surface area (Å²) in [5.74, 6) is -1.87. The Morgan fingerprint density at radius 2 is 2.05 bits per heavy atom. The summed E-state index contributed by atoms with van der Waals surface area (Å²) < 4.78 is 0. The second kappa shape index (κ2) is 8.23. The number of nitrogens with one attached hydrogen (secondary N) is 2. The Morgan fingerprint density at radius 1 is 1.33 bits per heavy atom. The number of amides is 3. The van der Waals surface area contributed by atoms with Crippen LogP contribution in [0.3, 0.4) is 0 Å². The van der Waals surface area contributed by atoms with E-state index in [9.17, 15) is 19.2 Å². The molecule has 0 spiro atoms. The van der Waals surface area contributed by atoms with Crippen LogP contribution >= 0.6 is 0 Å². The molecule has 0 bridgehead atoms. The Kier molecular flexibility index (Phi) is 6.64. The Balaban J connectivity index is 2.33. The summed E-state index contributed by atoms with van der Waals surface area (Å²) >= 11 is 0. The molecule has 1 aliphatic rings. The number of carbonyl (C=O) groups excluding carboxylic acids is 3. The van der Waals surface area contributed by atoms with Gasteiger partial charge in [0.2, 0.25) is 17.7 Å². The van der Waals surface area contributed by atoms with E-state index in [0.717, 1.165) is 17.7 Å². The standard InChI is InChI=1S/C13H21N3O5/c1-9(17)14-6-4-2-3-5-12(19)16-8-11(18)15-7-10(16)13(20)21/h10H,2-8H2,1H3,(H,14,17)(H,15,18)(H,20,21). The highest BCUT2D eigenvalue weighted by Crippen LogP contribution is 2.10. The fraction of sp³-hybridized carbons (Fsp3) is 0.692. The lowest BCUT2D eigenvalue weighted by Crippen LogP contribution is -2.59. The van der Waals surface area contributed by atoms with E-state index in [0.29, 0.717) is 13.0 Å². The first-order chi connectivity index (χ1) is 9.91. The molecule has 1 saturated heterocycles. The molecule has 0 aromatic carbocycles. The van der Waals surface area contributed by atoms with Crippen molar-refractivity contribution in [3.8, 4) is 0 Å². The van der Waals surface area contributed by atoms with Crippen LogP contribution in [0, 0.1) is 0 Å². The molecule has 0 aromatic rings. The lowest BCUT2D eigenvalue weighted by atomic mass is 10.1. The summed E-state index contributed by atoms with van der Waals surface area (Å²) in [6.07, 6.45) is 2.32. The molecule has 118 valence electrons. The van der Waals surface area contributed by atoms with Gasteiger partial charge in [-0.1, -0.05) is 6.42 Å². The molecule has 8 nitrogen and oxygen atoms in total. The van der Waals surface area contributed by atoms with Crippen molar-refractivity contribution in [2.45, 2.75) is 38.6 Å². The number of aliphatic carboxylic acids is 1. The normalized spacial score (nSPS) is 18.0. The summed E-state index contributed by atoms with van der Waals surface area (Å²) in [6, 6.07) is -0.991. The van der Waals surface area contributed by atoms with Crippen molar-refractivity contribution in [2.75, 3.05) is 19.6 Å². The van der Waals surface area contributed by atoms with Gasteiger partial charge < -0.3 is 20.6 Å². The number of hydrogen-bond donors (Lipinski definition) is 3. The van der Waals surface area contributed by atoms with E-state index < -0.39 is 12.0 Å². The van der Waals surface area contributed by atoms with Crippen LogP contribution < -0.4 is 10.6 Å². The summed E-state index contributed by atoms with van der Waals surface area (Å²) in [6.45, 7) is 1.74. The zero-order chi connectivity index (χ0) is 15.8. The van der Waals surface area contributed by atoms with Gasteiger partial charge in [0.25, 0.3) is 0 Å². The van der Waals surface area contributed by atoms with Crippen molar-refractivity contribution in [3.05, 3.63) is 0 Å². The van der Waals surface area contributed by atoms with Crippen LogP contribution in [-0.4, -0.2) is 59.4 Å². The molecule has 1 rings (SSSR count). The smallest absolute Gasteiger partial charge is 0.328 e. The van der Waals surface area contributed by atoms with E-state index in [1.807, 2.05) is 0 Å². The van der Waals surface area contributed by atoms with Gasteiger partial charge in [-0.2, -0.15) is 0 Å². The summed E-state index contributed by atoms with van der Waals surface area (Å²) in [4.78, 5) is 46.1. The molecule has 0 radical (unpaired) electrons. The Bertz CT molecular complexity index is 424. The topological polar surface area (TPSA) is 116 Å². The molecule has 1 aliphatic heterocycles. The van der Waals surface area contributed by atoms with E-state index in [4.69, 9.17) is 5.11 Å². The average Bonchev–Trinajstić information content (AvgIpc) is 2.41. The molecule has 3 N–H and O–H groups in total. The van der Waals surface area contributed by atoms with E-state index in [2.05, 4.69) is 10.6 Å². The predicted octanol–water partition coefficient (Wildman–Crippen LogP) is -0.905. The van der Waals surface area contributed by atoms with Gasteiger partial charge in [0, 0.05) is 26.4 Å². The number of rotatable bonds is 7. The van der Waals surface area contributed by atoms with Crippen LogP contribution in [0.25, 0.3) is 0 Å². The zero-order valence-corrected chi connectivity index (χ0v) is 12.1. The first-order valence-corrected chi connectivity index (χ1v) is 6.95. The molecule has 1 unspecified atom stereocenters. The molecule has 21 heavy (non-hydrogen) atoms. The maximum Gasteiger partial charge on any atom is 0.328 e. The van der Waals surface area contributed by atoms with Crippen LogP contribution in [0.2, 0.25) is 0 Å². The van der Waals surface area contributed by atoms with Gasteiger partial charge in [0.05, 0.1) is 0 Å². The molecule has 1 heterocycles. The zero-order valence-electron chi connectivity index (χ0n) is 12.1. The summed E-state index contributed by atoms with van der Waals surface area (Å²) in [5, 5.41) is 14.2. The van der Waals surface area contributed by atoms with Crippen LogP contribution in [0.4, 0.5) is 0 Å². The number of hydrogen-bond acceptors (Lipinski definition) is 4. The Morgan fingerprint density at radius 3 is 2.67 bits per heavy atom. The van der Waals surface area contributed by atoms with Gasteiger partial charge in [-0.25, -0.2) is 4.79 Å². The van der Waals surface area contributed by atoms with Crippen molar-refractivity contribution >= 4 is 23.7 Å². The highest BCUT2D eigenvalue weighted by atomic mass is 16.4. The van der Waals surface area contributed by atoms with Crippen molar-refractivity contribution in [2.24, 2.45) is 0 Å². The molecular weight excluding hydrogens is 278 g/mol. The lowest BCUT2D eigenvalue weighted by Gasteiger charge is -2.32. The van der Waals surface area contributed by atoms with Gasteiger partial charge in [-0.15, -0.1) is 0 Å². The van der Waals surface area contributed by atoms with Crippen molar-refractivity contribution in [1.82, 2.24) is 15.5 Å². The fourth-order valence-corrected chi connectivity index (χ4v) is 2.11. The largest absolute Gasteiger partial charge is 0.480 e. The minimum Gasteiger partial charge on any atom is -0.480 e. The maximum atomic E-state index is 12.0. The number of carboxylic acids is 1. The molecule has 0 aromatic heterocycles. The van der Waals surface area contributed by atoms with Crippen LogP contribution in [0.15, 0.2) is 0 Å². The lowest BCUT2D eigenvalue weighted by molar-refractivity contribution is -0.154. The number of carbonyl (C=O) groups is 4. The van der Waals surface area contributed by atoms with Crippen molar-refractivity contribution in [3.63, 3.8) is 0 Å².